The van der Waals surface area contributed by atoms with Gasteiger partial charge in [-0.25, -0.2) is 0 Å². The van der Waals surface area contributed by atoms with Crippen molar-refractivity contribution >= 4 is 5.71 Å². The van der Waals surface area contributed by atoms with E-state index in [0.717, 1.165) is 12.5 Å². The lowest BCUT2D eigenvalue weighted by Gasteiger charge is -2.34. The minimum atomic E-state index is 0.625. The van der Waals surface area contributed by atoms with Crippen LogP contribution in [0.1, 0.15) is 43.6 Å². The molecule has 1 heterocycles. The van der Waals surface area contributed by atoms with Crippen molar-refractivity contribution in [3.05, 3.63) is 35.9 Å². The average Bonchev–Trinajstić information content (AvgIpc) is 2.39. The maximum atomic E-state index is 4.83. The monoisotopic (exact) mass is 213 g/mol. The van der Waals surface area contributed by atoms with Gasteiger partial charge in [-0.2, -0.15) is 0 Å². The van der Waals surface area contributed by atoms with Crippen molar-refractivity contribution in [2.24, 2.45) is 10.9 Å². The van der Waals surface area contributed by atoms with Crippen molar-refractivity contribution in [2.45, 2.75) is 38.0 Å². The van der Waals surface area contributed by atoms with Crippen LogP contribution in [0.2, 0.25) is 0 Å². The van der Waals surface area contributed by atoms with Crippen LogP contribution in [-0.4, -0.2) is 12.3 Å². The third-order valence-corrected chi connectivity index (χ3v) is 4.03. The molecule has 1 fully saturated rings. The Morgan fingerprint density at radius 3 is 2.62 bits per heavy atom. The molecule has 0 bridgehead atoms. The van der Waals surface area contributed by atoms with Gasteiger partial charge >= 0.3 is 0 Å². The highest BCUT2D eigenvalue weighted by Crippen LogP contribution is 2.37. The second-order valence-electron chi connectivity index (χ2n) is 5.04. The first-order chi connectivity index (χ1) is 7.95. The average molecular weight is 213 g/mol. The Kier molecular flexibility index (Phi) is 2.77. The van der Waals surface area contributed by atoms with Gasteiger partial charge in [0.2, 0.25) is 0 Å². The molecule has 1 heteroatoms. The van der Waals surface area contributed by atoms with Gasteiger partial charge in [0.15, 0.2) is 0 Å². The number of fused-ring (bicyclic) bond motifs is 1. The van der Waals surface area contributed by atoms with E-state index in [1.54, 1.807) is 0 Å². The molecule has 1 nitrogen and oxygen atoms in total. The Balaban J connectivity index is 1.92. The molecular weight excluding hydrogens is 194 g/mol. The quantitative estimate of drug-likeness (QED) is 0.672. The zero-order valence-corrected chi connectivity index (χ0v) is 9.73. The lowest BCUT2D eigenvalue weighted by molar-refractivity contribution is 0.446. The fourth-order valence-corrected chi connectivity index (χ4v) is 3.25. The predicted octanol–water partition coefficient (Wildman–Crippen LogP) is 3.81. The molecule has 0 N–H and O–H groups in total. The smallest absolute Gasteiger partial charge is 0.0389 e. The topological polar surface area (TPSA) is 12.4 Å². The summed E-state index contributed by atoms with van der Waals surface area (Å²) in [6.07, 6.45) is 6.74. The molecular formula is C15H19N. The molecule has 0 radical (unpaired) electrons. The maximum Gasteiger partial charge on any atom is 0.0389 e. The van der Waals surface area contributed by atoms with Crippen LogP contribution in [0, 0.1) is 5.92 Å². The molecule has 84 valence electrons. The molecule has 0 aromatic heterocycles. The first kappa shape index (κ1) is 10.1. The summed E-state index contributed by atoms with van der Waals surface area (Å²) in [7, 11) is 0. The van der Waals surface area contributed by atoms with E-state index in [-0.39, 0.29) is 0 Å². The first-order valence-corrected chi connectivity index (χ1v) is 6.54. The van der Waals surface area contributed by atoms with E-state index < -0.39 is 0 Å². The van der Waals surface area contributed by atoms with E-state index >= 15 is 0 Å². The van der Waals surface area contributed by atoms with Crippen LogP contribution in [0.15, 0.2) is 35.3 Å². The van der Waals surface area contributed by atoms with Crippen molar-refractivity contribution in [1.82, 2.24) is 0 Å². The maximum absolute atomic E-state index is 4.83. The summed E-state index contributed by atoms with van der Waals surface area (Å²) in [5.74, 6) is 1.42. The molecule has 3 rings (SSSR count). The van der Waals surface area contributed by atoms with Gasteiger partial charge < -0.3 is 0 Å². The summed E-state index contributed by atoms with van der Waals surface area (Å²) >= 11 is 0. The Morgan fingerprint density at radius 1 is 0.938 bits per heavy atom. The number of hydrogen-bond acceptors (Lipinski definition) is 1. The van der Waals surface area contributed by atoms with Crippen LogP contribution >= 0.6 is 0 Å². The number of hydrogen-bond donors (Lipinski definition) is 0. The van der Waals surface area contributed by atoms with Crippen molar-refractivity contribution in [2.75, 3.05) is 6.54 Å². The van der Waals surface area contributed by atoms with Gasteiger partial charge in [-0.3, -0.25) is 4.99 Å². The number of rotatable bonds is 1. The van der Waals surface area contributed by atoms with Crippen LogP contribution in [0.4, 0.5) is 0 Å². The summed E-state index contributed by atoms with van der Waals surface area (Å²) in [5.41, 5.74) is 3.00. The molecule has 2 aliphatic rings. The van der Waals surface area contributed by atoms with Crippen molar-refractivity contribution in [1.29, 1.82) is 0 Å². The van der Waals surface area contributed by atoms with Gasteiger partial charge in [0.1, 0.15) is 0 Å². The lowest BCUT2D eigenvalue weighted by Crippen LogP contribution is -2.30. The molecule has 0 amide bonds. The second kappa shape index (κ2) is 4.40. The molecule has 0 spiro atoms. The van der Waals surface area contributed by atoms with E-state index in [1.165, 1.54) is 43.4 Å². The highest BCUT2D eigenvalue weighted by atomic mass is 14.8. The summed E-state index contributed by atoms with van der Waals surface area (Å²) in [5, 5.41) is 0. The van der Waals surface area contributed by atoms with Crippen molar-refractivity contribution in [3.8, 4) is 0 Å². The van der Waals surface area contributed by atoms with Gasteiger partial charge in [0.05, 0.1) is 0 Å². The minimum absolute atomic E-state index is 0.625. The first-order valence-electron chi connectivity index (χ1n) is 6.54. The minimum Gasteiger partial charge on any atom is -0.293 e. The van der Waals surface area contributed by atoms with E-state index in [1.807, 2.05) is 0 Å². The Hall–Kier alpha value is -1.11. The van der Waals surface area contributed by atoms with E-state index in [2.05, 4.69) is 30.3 Å². The molecule has 1 saturated carbocycles. The van der Waals surface area contributed by atoms with Crippen molar-refractivity contribution < 1.29 is 0 Å². The highest BCUT2D eigenvalue weighted by Gasteiger charge is 2.30. The van der Waals surface area contributed by atoms with Gasteiger partial charge in [-0.15, -0.1) is 0 Å². The zero-order chi connectivity index (χ0) is 10.8. The molecule has 1 aromatic rings. The van der Waals surface area contributed by atoms with Gasteiger partial charge in [0, 0.05) is 18.2 Å². The van der Waals surface area contributed by atoms with Crippen LogP contribution in [0.3, 0.4) is 0 Å². The van der Waals surface area contributed by atoms with E-state index in [4.69, 9.17) is 4.99 Å². The molecule has 1 aliphatic heterocycles. The van der Waals surface area contributed by atoms with Crippen LogP contribution < -0.4 is 0 Å². The van der Waals surface area contributed by atoms with Crippen molar-refractivity contribution in [3.63, 3.8) is 0 Å². The highest BCUT2D eigenvalue weighted by molar-refractivity contribution is 5.94. The Morgan fingerprint density at radius 2 is 1.75 bits per heavy atom. The zero-order valence-electron chi connectivity index (χ0n) is 9.73. The normalized spacial score (nSPS) is 29.4. The van der Waals surface area contributed by atoms with Crippen LogP contribution in [0.5, 0.6) is 0 Å². The fourth-order valence-electron chi connectivity index (χ4n) is 3.25. The molecule has 0 saturated heterocycles. The van der Waals surface area contributed by atoms with E-state index in [0.29, 0.717) is 5.92 Å². The molecule has 16 heavy (non-hydrogen) atoms. The third-order valence-electron chi connectivity index (χ3n) is 4.03. The summed E-state index contributed by atoms with van der Waals surface area (Å²) in [4.78, 5) is 4.83. The van der Waals surface area contributed by atoms with Gasteiger partial charge in [0.25, 0.3) is 0 Å². The summed E-state index contributed by atoms with van der Waals surface area (Å²) in [6, 6.07) is 10.9. The van der Waals surface area contributed by atoms with Crippen LogP contribution in [-0.2, 0) is 0 Å². The van der Waals surface area contributed by atoms with Gasteiger partial charge in [-0.1, -0.05) is 36.8 Å². The van der Waals surface area contributed by atoms with Crippen LogP contribution in [0.25, 0.3) is 0 Å². The fraction of sp³-hybridized carbons (Fsp3) is 0.533. The lowest BCUT2D eigenvalue weighted by atomic mass is 9.73. The Labute approximate surface area is 97.6 Å². The standard InChI is InChI=1S/C15H19N/c1-2-6-12(7-3-1)14-10-4-8-13-9-5-11-16-15(13)14/h1-3,6-7,13-14H,4-5,8-11H2/t13-,14-/m0/s1. The Bertz CT molecular complexity index is 380. The number of aliphatic imine (C=N–C) groups is 1. The third kappa shape index (κ3) is 1.79. The number of benzene rings is 1. The number of nitrogens with zero attached hydrogens (tertiary/aromatic N) is 1. The molecule has 1 aromatic carbocycles. The SMILES string of the molecule is c1ccc([C@@H]2CCC[C@H]3CCCN=C32)cc1. The van der Waals surface area contributed by atoms with Gasteiger partial charge in [-0.05, 0) is 37.2 Å². The largest absolute Gasteiger partial charge is 0.293 e. The van der Waals surface area contributed by atoms with E-state index in [9.17, 15) is 0 Å². The predicted molar refractivity (Wildman–Crippen MR) is 68.1 cm³/mol. The summed E-state index contributed by atoms with van der Waals surface area (Å²) < 4.78 is 0. The second-order valence-corrected chi connectivity index (χ2v) is 5.04. The molecule has 2 atom stereocenters. The molecule has 0 unspecified atom stereocenters. The molecule has 1 aliphatic carbocycles. The summed E-state index contributed by atoms with van der Waals surface area (Å²) in [6.45, 7) is 1.06.